The first-order chi connectivity index (χ1) is 7.50. The van der Waals surface area contributed by atoms with E-state index in [1.807, 2.05) is 18.7 Å². The van der Waals surface area contributed by atoms with E-state index in [0.717, 1.165) is 11.3 Å². The van der Waals surface area contributed by atoms with Gasteiger partial charge in [0.1, 0.15) is 5.82 Å². The molecular weight excluding hydrogens is 198 g/mol. The molecule has 3 heteroatoms. The molecule has 0 amide bonds. The quantitative estimate of drug-likeness (QED) is 0.794. The molecule has 0 saturated heterocycles. The van der Waals surface area contributed by atoms with Crippen LogP contribution in [-0.4, -0.2) is 9.78 Å². The fourth-order valence-electron chi connectivity index (χ4n) is 2.02. The van der Waals surface area contributed by atoms with Crippen molar-refractivity contribution in [3.63, 3.8) is 0 Å². The van der Waals surface area contributed by atoms with Crippen LogP contribution in [0.2, 0.25) is 0 Å². The zero-order valence-corrected chi connectivity index (χ0v) is 10.2. The van der Waals surface area contributed by atoms with Crippen LogP contribution in [0.15, 0.2) is 18.2 Å². The number of nitrogen functional groups attached to an aromatic ring is 1. The van der Waals surface area contributed by atoms with E-state index in [9.17, 15) is 0 Å². The Morgan fingerprint density at radius 1 is 1.19 bits per heavy atom. The highest BCUT2D eigenvalue weighted by Gasteiger charge is 2.13. The molecule has 0 aliphatic carbocycles. The third-order valence-corrected chi connectivity index (χ3v) is 2.97. The van der Waals surface area contributed by atoms with Crippen molar-refractivity contribution in [1.29, 1.82) is 0 Å². The summed E-state index contributed by atoms with van der Waals surface area (Å²) in [5.74, 6) is 0.610. The molecule has 0 bridgehead atoms. The number of hydrogen-bond acceptors (Lipinski definition) is 2. The number of aromatic nitrogens is 2. The van der Waals surface area contributed by atoms with Crippen molar-refractivity contribution in [2.24, 2.45) is 7.05 Å². The molecular formula is C13H17N3. The normalized spacial score (nSPS) is 10.8. The summed E-state index contributed by atoms with van der Waals surface area (Å²) in [6.07, 6.45) is 0. The average molecular weight is 215 g/mol. The average Bonchev–Trinajstić information content (AvgIpc) is 2.46. The van der Waals surface area contributed by atoms with Crippen molar-refractivity contribution >= 4 is 5.82 Å². The summed E-state index contributed by atoms with van der Waals surface area (Å²) >= 11 is 0. The lowest BCUT2D eigenvalue weighted by atomic mass is 10.0. The predicted octanol–water partition coefficient (Wildman–Crippen LogP) is 2.59. The molecule has 0 fully saturated rings. The second-order valence-corrected chi connectivity index (χ2v) is 4.30. The number of aryl methyl sites for hydroxylation is 3. The summed E-state index contributed by atoms with van der Waals surface area (Å²) in [4.78, 5) is 0. The van der Waals surface area contributed by atoms with Crippen LogP contribution >= 0.6 is 0 Å². The highest BCUT2D eigenvalue weighted by Crippen LogP contribution is 2.29. The van der Waals surface area contributed by atoms with Gasteiger partial charge in [0.25, 0.3) is 0 Å². The van der Waals surface area contributed by atoms with Gasteiger partial charge >= 0.3 is 0 Å². The molecule has 0 aliphatic heterocycles. The lowest BCUT2D eigenvalue weighted by Crippen LogP contribution is -1.96. The highest BCUT2D eigenvalue weighted by atomic mass is 15.3. The Bertz CT molecular complexity index is 538. The molecule has 0 atom stereocenters. The van der Waals surface area contributed by atoms with Crippen LogP contribution in [0.25, 0.3) is 11.3 Å². The lowest BCUT2D eigenvalue weighted by Gasteiger charge is -2.08. The Kier molecular flexibility index (Phi) is 2.46. The monoisotopic (exact) mass is 215 g/mol. The SMILES string of the molecule is Cc1ccc(C)c(-c2c(C)c(N)nn2C)c1. The molecule has 2 N–H and O–H groups in total. The Balaban J connectivity index is 2.71. The van der Waals surface area contributed by atoms with Crippen LogP contribution in [0.4, 0.5) is 5.82 Å². The molecule has 84 valence electrons. The zero-order chi connectivity index (χ0) is 11.9. The van der Waals surface area contributed by atoms with Gasteiger partial charge < -0.3 is 5.73 Å². The van der Waals surface area contributed by atoms with Gasteiger partial charge in [0.2, 0.25) is 0 Å². The predicted molar refractivity (Wildman–Crippen MR) is 67.3 cm³/mol. The van der Waals surface area contributed by atoms with Crippen LogP contribution in [0, 0.1) is 20.8 Å². The van der Waals surface area contributed by atoms with Gasteiger partial charge in [-0.1, -0.05) is 17.7 Å². The lowest BCUT2D eigenvalue weighted by molar-refractivity contribution is 0.779. The fraction of sp³-hybridized carbons (Fsp3) is 0.308. The molecule has 0 saturated carbocycles. The summed E-state index contributed by atoms with van der Waals surface area (Å²) in [6.45, 7) is 6.22. The molecule has 0 spiro atoms. The highest BCUT2D eigenvalue weighted by molar-refractivity contribution is 5.71. The Morgan fingerprint density at radius 3 is 2.44 bits per heavy atom. The van der Waals surface area contributed by atoms with Gasteiger partial charge in [0, 0.05) is 18.2 Å². The minimum Gasteiger partial charge on any atom is -0.382 e. The van der Waals surface area contributed by atoms with Crippen molar-refractivity contribution in [2.45, 2.75) is 20.8 Å². The van der Waals surface area contributed by atoms with Crippen molar-refractivity contribution in [1.82, 2.24) is 9.78 Å². The molecule has 0 aliphatic rings. The molecule has 3 nitrogen and oxygen atoms in total. The van der Waals surface area contributed by atoms with Gasteiger partial charge in [-0.15, -0.1) is 0 Å². The second kappa shape index (κ2) is 3.67. The first kappa shape index (κ1) is 10.7. The second-order valence-electron chi connectivity index (χ2n) is 4.30. The maximum Gasteiger partial charge on any atom is 0.148 e. The topological polar surface area (TPSA) is 43.8 Å². The minimum atomic E-state index is 0.610. The van der Waals surface area contributed by atoms with Crippen LogP contribution in [0.5, 0.6) is 0 Å². The maximum absolute atomic E-state index is 5.83. The number of hydrogen-bond donors (Lipinski definition) is 1. The summed E-state index contributed by atoms with van der Waals surface area (Å²) in [6, 6.07) is 6.43. The first-order valence-electron chi connectivity index (χ1n) is 5.37. The van der Waals surface area contributed by atoms with Crippen molar-refractivity contribution in [2.75, 3.05) is 5.73 Å². The van der Waals surface area contributed by atoms with E-state index in [4.69, 9.17) is 5.73 Å². The maximum atomic E-state index is 5.83. The summed E-state index contributed by atoms with van der Waals surface area (Å²) in [5, 5.41) is 4.25. The van der Waals surface area contributed by atoms with Crippen LogP contribution < -0.4 is 5.73 Å². The van der Waals surface area contributed by atoms with Crippen molar-refractivity contribution in [3.05, 3.63) is 34.9 Å². The van der Waals surface area contributed by atoms with E-state index in [0.29, 0.717) is 5.82 Å². The summed E-state index contributed by atoms with van der Waals surface area (Å²) in [5.41, 5.74) is 11.7. The van der Waals surface area contributed by atoms with E-state index in [1.165, 1.54) is 16.7 Å². The zero-order valence-electron chi connectivity index (χ0n) is 10.2. The third kappa shape index (κ3) is 1.58. The number of benzene rings is 1. The summed E-state index contributed by atoms with van der Waals surface area (Å²) < 4.78 is 1.85. The molecule has 1 aromatic carbocycles. The van der Waals surface area contributed by atoms with Crippen molar-refractivity contribution < 1.29 is 0 Å². The molecule has 1 heterocycles. The number of nitrogens with two attached hydrogens (primary N) is 1. The molecule has 2 rings (SSSR count). The molecule has 0 unspecified atom stereocenters. The van der Waals surface area contributed by atoms with E-state index in [1.54, 1.807) is 0 Å². The first-order valence-corrected chi connectivity index (χ1v) is 5.37. The van der Waals surface area contributed by atoms with Crippen molar-refractivity contribution in [3.8, 4) is 11.3 Å². The molecule has 16 heavy (non-hydrogen) atoms. The number of nitrogens with zero attached hydrogens (tertiary/aromatic N) is 2. The Morgan fingerprint density at radius 2 is 1.88 bits per heavy atom. The Hall–Kier alpha value is -1.77. The smallest absolute Gasteiger partial charge is 0.148 e. The van der Waals surface area contributed by atoms with E-state index < -0.39 is 0 Å². The standard InChI is InChI=1S/C13H17N3/c1-8-5-6-9(2)11(7-8)12-10(3)13(14)15-16(12)4/h5-7H,1-4H3,(H2,14,15). The number of anilines is 1. The molecule has 2 aromatic rings. The van der Waals surface area contributed by atoms with Gasteiger partial charge in [-0.25, -0.2) is 0 Å². The van der Waals surface area contributed by atoms with Crippen LogP contribution in [-0.2, 0) is 7.05 Å². The molecule has 0 radical (unpaired) electrons. The van der Waals surface area contributed by atoms with Gasteiger partial charge in [-0.2, -0.15) is 5.10 Å². The minimum absolute atomic E-state index is 0.610. The van der Waals surface area contributed by atoms with Gasteiger partial charge in [0.05, 0.1) is 5.69 Å². The number of rotatable bonds is 1. The van der Waals surface area contributed by atoms with Gasteiger partial charge in [-0.05, 0) is 32.4 Å². The van der Waals surface area contributed by atoms with Gasteiger partial charge in [0.15, 0.2) is 0 Å². The summed E-state index contributed by atoms with van der Waals surface area (Å²) in [7, 11) is 1.93. The third-order valence-electron chi connectivity index (χ3n) is 2.97. The largest absolute Gasteiger partial charge is 0.382 e. The van der Waals surface area contributed by atoms with E-state index in [2.05, 4.69) is 37.1 Å². The molecule has 1 aromatic heterocycles. The van der Waals surface area contributed by atoms with E-state index in [-0.39, 0.29) is 0 Å². The van der Waals surface area contributed by atoms with Crippen LogP contribution in [0.3, 0.4) is 0 Å². The fourth-order valence-corrected chi connectivity index (χ4v) is 2.02. The van der Waals surface area contributed by atoms with Gasteiger partial charge in [-0.3, -0.25) is 4.68 Å². The van der Waals surface area contributed by atoms with Crippen LogP contribution in [0.1, 0.15) is 16.7 Å². The van der Waals surface area contributed by atoms with E-state index >= 15 is 0 Å². The Labute approximate surface area is 95.9 Å².